The lowest BCUT2D eigenvalue weighted by molar-refractivity contribution is -0.736. The van der Waals surface area contributed by atoms with Crippen LogP contribution in [0.5, 0.6) is 5.75 Å². The van der Waals surface area contributed by atoms with Gasteiger partial charge in [-0.2, -0.15) is 0 Å². The Morgan fingerprint density at radius 2 is 1.41 bits per heavy atom. The van der Waals surface area contributed by atoms with E-state index in [2.05, 4.69) is 62.4 Å². The number of ether oxygens (including phenoxy) is 1. The lowest BCUT2D eigenvalue weighted by atomic mass is 10.1. The average Bonchev–Trinajstić information content (AvgIpc) is 2.64. The van der Waals surface area contributed by atoms with Gasteiger partial charge in [-0.05, 0) is 35.8 Å². The van der Waals surface area contributed by atoms with Crippen LogP contribution in [0, 0.1) is 4.91 Å². The zero-order valence-electron chi connectivity index (χ0n) is 17.0. The minimum Gasteiger partial charge on any atom is -0.489 e. The Hall–Kier alpha value is -2.05. The molecule has 2 aromatic rings. The van der Waals surface area contributed by atoms with E-state index in [1.54, 1.807) is 24.3 Å². The number of hydrogen-bond acceptors (Lipinski definition) is 4. The quantitative estimate of drug-likeness (QED) is 0.554. The highest BCUT2D eigenvalue weighted by atomic mass is 32.3. The van der Waals surface area contributed by atoms with Crippen molar-refractivity contribution in [2.45, 2.75) is 38.7 Å². The van der Waals surface area contributed by atoms with Crippen molar-refractivity contribution in [3.05, 3.63) is 64.6 Å². The fraction of sp³-hybridized carbons (Fsp3) is 0.429. The molecule has 0 radical (unpaired) electrons. The van der Waals surface area contributed by atoms with E-state index < -0.39 is 10.3 Å². The van der Waals surface area contributed by atoms with Crippen molar-refractivity contribution in [2.24, 2.45) is 0 Å². The number of hydrogen-bond donors (Lipinski definition) is 0. The van der Waals surface area contributed by atoms with Crippen LogP contribution in [-0.4, -0.2) is 29.3 Å². The summed E-state index contributed by atoms with van der Waals surface area (Å²) in [6.07, 6.45) is 4.42. The van der Waals surface area contributed by atoms with Crippen LogP contribution in [0.2, 0.25) is 0 Å². The molecule has 0 amide bonds. The Labute approximate surface area is 163 Å². The third-order valence-corrected chi connectivity index (χ3v) is 8.29. The van der Waals surface area contributed by atoms with Gasteiger partial charge in [0.25, 0.3) is 4.92 Å². The van der Waals surface area contributed by atoms with Crippen molar-refractivity contribution in [3.8, 4) is 5.75 Å². The van der Waals surface area contributed by atoms with E-state index in [0.29, 0.717) is 29.6 Å². The van der Waals surface area contributed by atoms with Crippen LogP contribution in [0.3, 0.4) is 0 Å². The summed E-state index contributed by atoms with van der Waals surface area (Å²) in [5, 5.41) is 0. The lowest BCUT2D eigenvalue weighted by Crippen LogP contribution is -2.24. The Kier molecular flexibility index (Phi) is 6.89. The SMILES string of the molecule is CO[N+](=O)c1ccc(OCc2ccc(COS(C)(C)C(C)(C)C)cc2)cc1. The number of rotatable bonds is 8. The highest BCUT2D eigenvalue weighted by Gasteiger charge is 2.28. The topological polar surface area (TPSA) is 47.8 Å². The van der Waals surface area contributed by atoms with E-state index in [-0.39, 0.29) is 4.75 Å². The van der Waals surface area contributed by atoms with Crippen LogP contribution in [-0.2, 0) is 22.2 Å². The summed E-state index contributed by atoms with van der Waals surface area (Å²) >= 11 is 0. The van der Waals surface area contributed by atoms with E-state index in [1.807, 2.05) is 0 Å². The summed E-state index contributed by atoms with van der Waals surface area (Å²) < 4.78 is 12.1. The molecule has 148 valence electrons. The predicted molar refractivity (Wildman–Crippen MR) is 111 cm³/mol. The summed E-state index contributed by atoms with van der Waals surface area (Å²) in [6.45, 7) is 7.75. The molecule has 0 saturated heterocycles. The standard InChI is InChI=1S/C21H30NO4S/c1-21(2,3)27(5,6)26-16-18-9-7-17(8-10-18)15-25-20-13-11-19(12-14-20)22(23)24-4/h7-14H,15-16H2,1-6H3/q+1. The van der Waals surface area contributed by atoms with E-state index in [9.17, 15) is 4.91 Å². The van der Waals surface area contributed by atoms with Crippen molar-refractivity contribution < 1.29 is 18.7 Å². The molecule has 0 fully saturated rings. The molecule has 0 bridgehead atoms. The Morgan fingerprint density at radius 1 is 0.889 bits per heavy atom. The average molecular weight is 393 g/mol. The second-order valence-corrected chi connectivity index (χ2v) is 11.6. The van der Waals surface area contributed by atoms with Crippen LogP contribution < -0.4 is 4.74 Å². The zero-order valence-corrected chi connectivity index (χ0v) is 17.8. The normalized spacial score (nSPS) is 12.5. The molecule has 0 heterocycles. The van der Waals surface area contributed by atoms with Crippen molar-refractivity contribution in [3.63, 3.8) is 0 Å². The second-order valence-electron chi connectivity index (χ2n) is 7.65. The maximum Gasteiger partial charge on any atom is 0.317 e. The maximum atomic E-state index is 11.4. The third kappa shape index (κ3) is 5.97. The van der Waals surface area contributed by atoms with Crippen LogP contribution in [0.25, 0.3) is 0 Å². The van der Waals surface area contributed by atoms with E-state index in [4.69, 9.17) is 8.92 Å². The Balaban J connectivity index is 1.88. The van der Waals surface area contributed by atoms with Crippen LogP contribution in [0.1, 0.15) is 31.9 Å². The van der Waals surface area contributed by atoms with Crippen LogP contribution in [0.15, 0.2) is 48.5 Å². The van der Waals surface area contributed by atoms with Gasteiger partial charge < -0.3 is 8.92 Å². The van der Waals surface area contributed by atoms with E-state index >= 15 is 0 Å². The highest BCUT2D eigenvalue weighted by molar-refractivity contribution is 8.29. The van der Waals surface area contributed by atoms with E-state index in [0.717, 1.165) is 11.1 Å². The van der Waals surface area contributed by atoms with Gasteiger partial charge in [0, 0.05) is 16.9 Å². The molecule has 2 aromatic carbocycles. The Bertz CT molecular complexity index is 749. The first kappa shape index (κ1) is 21.3. The van der Waals surface area contributed by atoms with Gasteiger partial charge in [-0.3, -0.25) is 0 Å². The fourth-order valence-electron chi connectivity index (χ4n) is 2.06. The summed E-state index contributed by atoms with van der Waals surface area (Å²) in [5.74, 6) is 0.700. The molecule has 0 aromatic heterocycles. The van der Waals surface area contributed by atoms with Gasteiger partial charge in [-0.1, -0.05) is 45.0 Å². The summed E-state index contributed by atoms with van der Waals surface area (Å²) in [4.78, 5) is 16.4. The van der Waals surface area contributed by atoms with Gasteiger partial charge in [0.15, 0.2) is 7.11 Å². The fourth-order valence-corrected chi connectivity index (χ4v) is 2.84. The first-order valence-electron chi connectivity index (χ1n) is 8.82. The minimum atomic E-state index is -1.12. The predicted octanol–water partition coefficient (Wildman–Crippen LogP) is 5.53. The molecular weight excluding hydrogens is 362 g/mol. The first-order valence-corrected chi connectivity index (χ1v) is 11.2. The molecule has 0 saturated carbocycles. The van der Waals surface area contributed by atoms with Gasteiger partial charge in [0.05, 0.1) is 11.5 Å². The minimum absolute atomic E-state index is 0.155. The van der Waals surface area contributed by atoms with Crippen LogP contribution in [0.4, 0.5) is 5.69 Å². The first-order chi connectivity index (χ1) is 12.6. The van der Waals surface area contributed by atoms with Crippen molar-refractivity contribution in [2.75, 3.05) is 19.6 Å². The molecule has 0 atom stereocenters. The molecule has 0 N–H and O–H groups in total. The van der Waals surface area contributed by atoms with Gasteiger partial charge in [-0.25, -0.2) is 4.84 Å². The molecule has 0 aliphatic heterocycles. The molecule has 0 aliphatic rings. The van der Waals surface area contributed by atoms with Crippen LogP contribution >= 0.6 is 10.3 Å². The molecule has 5 nitrogen and oxygen atoms in total. The summed E-state index contributed by atoms with van der Waals surface area (Å²) in [7, 11) is 0.208. The molecular formula is C21H30NO4S+. The zero-order chi connectivity index (χ0) is 20.1. The smallest absolute Gasteiger partial charge is 0.317 e. The van der Waals surface area contributed by atoms with E-state index in [1.165, 1.54) is 7.11 Å². The van der Waals surface area contributed by atoms with Crippen molar-refractivity contribution in [1.82, 2.24) is 0 Å². The molecule has 0 unspecified atom stereocenters. The monoisotopic (exact) mass is 392 g/mol. The molecule has 27 heavy (non-hydrogen) atoms. The summed E-state index contributed by atoms with van der Waals surface area (Å²) in [5.41, 5.74) is 2.66. The molecule has 2 rings (SSSR count). The molecule has 0 aliphatic carbocycles. The summed E-state index contributed by atoms with van der Waals surface area (Å²) in [6, 6.07) is 15.1. The number of benzene rings is 2. The largest absolute Gasteiger partial charge is 0.489 e. The van der Waals surface area contributed by atoms with Gasteiger partial charge >= 0.3 is 5.69 Å². The second kappa shape index (κ2) is 8.76. The van der Waals surface area contributed by atoms with Gasteiger partial charge in [-0.15, -0.1) is 10.3 Å². The molecule has 0 spiro atoms. The Morgan fingerprint density at radius 3 is 1.89 bits per heavy atom. The van der Waals surface area contributed by atoms with Crippen molar-refractivity contribution >= 4 is 16.0 Å². The maximum absolute atomic E-state index is 11.4. The lowest BCUT2D eigenvalue weighted by Gasteiger charge is -2.43. The highest BCUT2D eigenvalue weighted by Crippen LogP contribution is 2.54. The number of nitrogens with zero attached hydrogens (tertiary/aromatic N) is 1. The van der Waals surface area contributed by atoms with Gasteiger partial charge in [0.2, 0.25) is 0 Å². The van der Waals surface area contributed by atoms with Crippen molar-refractivity contribution in [1.29, 1.82) is 0 Å². The third-order valence-electron chi connectivity index (χ3n) is 4.64. The molecule has 6 heteroatoms. The van der Waals surface area contributed by atoms with Gasteiger partial charge in [0.1, 0.15) is 12.4 Å².